The van der Waals surface area contributed by atoms with Gasteiger partial charge < -0.3 is 15.1 Å². The van der Waals surface area contributed by atoms with E-state index in [1.165, 1.54) is 36.5 Å². The highest BCUT2D eigenvalue weighted by molar-refractivity contribution is 5.73. The number of carboxylic acid groups (broad SMARTS) is 1. The van der Waals surface area contributed by atoms with E-state index in [-0.39, 0.29) is 12.5 Å². The highest BCUT2D eigenvalue weighted by atomic mass is 19.1. The normalized spacial score (nSPS) is 26.0. The summed E-state index contributed by atoms with van der Waals surface area (Å²) < 4.78 is 30.0. The minimum atomic E-state index is -1.46. The number of aromatic nitrogens is 3. The van der Waals surface area contributed by atoms with Gasteiger partial charge in [-0.15, -0.1) is 5.10 Å². The van der Waals surface area contributed by atoms with Crippen LogP contribution < -0.4 is 0 Å². The summed E-state index contributed by atoms with van der Waals surface area (Å²) in [5, 5.41) is 29.0. The smallest absolute Gasteiger partial charge is 0.307 e. The van der Waals surface area contributed by atoms with Crippen LogP contribution in [0, 0.1) is 5.82 Å². The number of aliphatic hydroxyl groups is 1. The van der Waals surface area contributed by atoms with Gasteiger partial charge in [0.05, 0.1) is 30.4 Å². The van der Waals surface area contributed by atoms with Gasteiger partial charge in [-0.1, -0.05) is 29.5 Å². The fourth-order valence-electron chi connectivity index (χ4n) is 5.25. The molecule has 1 aliphatic carbocycles. The van der Waals surface area contributed by atoms with E-state index in [2.05, 4.69) is 10.3 Å². The quantitative estimate of drug-likeness (QED) is 0.721. The summed E-state index contributed by atoms with van der Waals surface area (Å²) in [5.41, 5.74) is 1.76. The van der Waals surface area contributed by atoms with Crippen LogP contribution in [0.4, 0.5) is 8.78 Å². The molecule has 3 heterocycles. The molecule has 0 amide bonds. The molecule has 7 nitrogen and oxygen atoms in total. The molecule has 0 spiro atoms. The molecule has 1 aromatic carbocycles. The number of hydrogen-bond acceptors (Lipinski definition) is 5. The largest absolute Gasteiger partial charge is 0.481 e. The van der Waals surface area contributed by atoms with Crippen LogP contribution in [0.25, 0.3) is 0 Å². The number of halogens is 2. The molecule has 172 valence electrons. The molecule has 0 bridgehead atoms. The van der Waals surface area contributed by atoms with Gasteiger partial charge in [-0.25, -0.2) is 13.5 Å². The number of rotatable bonds is 5. The minimum absolute atomic E-state index is 0.146. The summed E-state index contributed by atoms with van der Waals surface area (Å²) in [6.45, 7) is 2.01. The van der Waals surface area contributed by atoms with Gasteiger partial charge in [0.1, 0.15) is 17.6 Å². The van der Waals surface area contributed by atoms with Crippen molar-refractivity contribution in [2.45, 2.75) is 50.0 Å². The zero-order chi connectivity index (χ0) is 23.3. The highest BCUT2D eigenvalue weighted by Crippen LogP contribution is 2.46. The first-order chi connectivity index (χ1) is 15.8. The number of aliphatic carboxylic acids is 1. The Balaban J connectivity index is 1.48. The molecule has 1 saturated heterocycles. The second-order valence-corrected chi connectivity index (χ2v) is 8.88. The highest BCUT2D eigenvalue weighted by Gasteiger charge is 2.45. The van der Waals surface area contributed by atoms with Crippen molar-refractivity contribution in [1.29, 1.82) is 0 Å². The van der Waals surface area contributed by atoms with Crippen molar-refractivity contribution in [1.82, 2.24) is 19.9 Å². The first-order valence-electron chi connectivity index (χ1n) is 10.9. The Bertz CT molecular complexity index is 1180. The third-order valence-electron chi connectivity index (χ3n) is 6.85. The van der Waals surface area contributed by atoms with Crippen molar-refractivity contribution in [3.8, 4) is 0 Å². The van der Waals surface area contributed by atoms with Crippen molar-refractivity contribution >= 4 is 5.97 Å². The number of carboxylic acids is 1. The number of carbonyl (C=O) groups is 1. The predicted molar refractivity (Wildman–Crippen MR) is 115 cm³/mol. The molecule has 5 rings (SSSR count). The zero-order valence-corrected chi connectivity index (χ0v) is 18.0. The molecule has 2 N–H and O–H groups in total. The molecule has 2 aromatic rings. The molecule has 4 atom stereocenters. The van der Waals surface area contributed by atoms with Crippen LogP contribution in [-0.4, -0.2) is 54.8 Å². The lowest BCUT2D eigenvalue weighted by Gasteiger charge is -2.40. The third-order valence-corrected chi connectivity index (χ3v) is 6.85. The van der Waals surface area contributed by atoms with Crippen molar-refractivity contribution < 1.29 is 23.8 Å². The fourth-order valence-corrected chi connectivity index (χ4v) is 5.25. The number of allylic oxidation sites excluding steroid dienone is 3. The summed E-state index contributed by atoms with van der Waals surface area (Å²) in [6.07, 6.45) is 6.22. The van der Waals surface area contributed by atoms with E-state index >= 15 is 0 Å². The van der Waals surface area contributed by atoms with Crippen molar-refractivity contribution in [2.24, 2.45) is 0 Å². The summed E-state index contributed by atoms with van der Waals surface area (Å²) >= 11 is 0. The van der Waals surface area contributed by atoms with Crippen LogP contribution in [0.3, 0.4) is 0 Å². The molecule has 1 aromatic heterocycles. The molecule has 33 heavy (non-hydrogen) atoms. The molecule has 9 heteroatoms. The first kappa shape index (κ1) is 21.5. The summed E-state index contributed by atoms with van der Waals surface area (Å²) in [7, 11) is 0. The fraction of sp³-hybridized carbons (Fsp3) is 0.375. The Morgan fingerprint density at radius 2 is 2.06 bits per heavy atom. The molecule has 2 aliphatic heterocycles. The van der Waals surface area contributed by atoms with Crippen LogP contribution >= 0.6 is 0 Å². The first-order valence-corrected chi connectivity index (χ1v) is 10.9. The average molecular weight is 454 g/mol. The van der Waals surface area contributed by atoms with Crippen molar-refractivity contribution in [3.05, 3.63) is 82.6 Å². The van der Waals surface area contributed by atoms with E-state index in [0.717, 1.165) is 11.3 Å². The van der Waals surface area contributed by atoms with E-state index in [1.54, 1.807) is 23.8 Å². The molecular formula is C24H24F2N4O3. The minimum Gasteiger partial charge on any atom is -0.481 e. The maximum Gasteiger partial charge on any atom is 0.307 e. The number of nitrogens with zero attached hydrogens (tertiary/aromatic N) is 4. The van der Waals surface area contributed by atoms with Crippen LogP contribution in [-0.2, 0) is 10.4 Å². The van der Waals surface area contributed by atoms with Gasteiger partial charge in [0, 0.05) is 12.2 Å². The maximum atomic E-state index is 15.0. The van der Waals surface area contributed by atoms with Crippen LogP contribution in [0.1, 0.15) is 43.5 Å². The van der Waals surface area contributed by atoms with Crippen molar-refractivity contribution in [2.75, 3.05) is 6.54 Å². The number of benzene rings is 1. The lowest BCUT2D eigenvalue weighted by Crippen LogP contribution is -2.44. The second kappa shape index (κ2) is 7.91. The predicted octanol–water partition coefficient (Wildman–Crippen LogP) is 3.26. The van der Waals surface area contributed by atoms with Crippen LogP contribution in [0.2, 0.25) is 0 Å². The van der Waals surface area contributed by atoms with Gasteiger partial charge in [-0.3, -0.25) is 4.79 Å². The molecule has 0 saturated carbocycles. The van der Waals surface area contributed by atoms with E-state index in [1.807, 2.05) is 4.90 Å². The Morgan fingerprint density at radius 1 is 1.30 bits per heavy atom. The van der Waals surface area contributed by atoms with E-state index in [4.69, 9.17) is 0 Å². The Hall–Kier alpha value is -3.33. The topological polar surface area (TPSA) is 91.5 Å². The Labute approximate surface area is 189 Å². The van der Waals surface area contributed by atoms with Crippen LogP contribution in [0.5, 0.6) is 0 Å². The summed E-state index contributed by atoms with van der Waals surface area (Å²) in [5.74, 6) is -1.34. The van der Waals surface area contributed by atoms with E-state index in [0.29, 0.717) is 36.2 Å². The van der Waals surface area contributed by atoms with Gasteiger partial charge in [0.2, 0.25) is 0 Å². The van der Waals surface area contributed by atoms with E-state index in [9.17, 15) is 23.8 Å². The summed E-state index contributed by atoms with van der Waals surface area (Å²) in [4.78, 5) is 13.4. The zero-order valence-electron chi connectivity index (χ0n) is 18.0. The molecular weight excluding hydrogens is 430 g/mol. The Morgan fingerprint density at radius 3 is 2.79 bits per heavy atom. The molecule has 3 aliphatic rings. The van der Waals surface area contributed by atoms with Gasteiger partial charge in [0.15, 0.2) is 0 Å². The molecule has 1 fully saturated rings. The van der Waals surface area contributed by atoms with Gasteiger partial charge >= 0.3 is 5.97 Å². The van der Waals surface area contributed by atoms with Gasteiger partial charge in [-0.2, -0.15) is 0 Å². The number of alkyl halides is 1. The summed E-state index contributed by atoms with van der Waals surface area (Å²) in [6, 6.07) is 4.84. The average Bonchev–Trinajstić information content (AvgIpc) is 3.38. The lowest BCUT2D eigenvalue weighted by atomic mass is 9.92. The van der Waals surface area contributed by atoms with Gasteiger partial charge in [0.25, 0.3) is 0 Å². The molecule has 4 unspecified atom stereocenters. The monoisotopic (exact) mass is 454 g/mol. The number of hydrogen-bond donors (Lipinski definition) is 2. The standard InChI is InChI=1S/C24H24F2N4O3/c1-24(33,14-5-7-15(25)8-6-14)21-12-27-28-30(21)16-9-10-20-18(11-22(31)32)17-3-2-4-19(26)23(17)29(20)13-16/h2-8,12,16,19,23,33H,9-11,13H2,1H3,(H,31,32). The Kier molecular flexibility index (Phi) is 5.16. The number of fused-ring (bicyclic) bond motifs is 3. The van der Waals surface area contributed by atoms with E-state index < -0.39 is 29.6 Å². The SMILES string of the molecule is CC(O)(c1ccc(F)cc1)c1cnnn1C1CCC2=C(CC(=O)O)C3=CC=CC(F)C3N2C1. The van der Waals surface area contributed by atoms with Crippen LogP contribution in [0.15, 0.2) is 65.5 Å². The number of piperidine rings is 1. The van der Waals surface area contributed by atoms with Gasteiger partial charge in [-0.05, 0) is 54.7 Å². The van der Waals surface area contributed by atoms with Crippen molar-refractivity contribution in [3.63, 3.8) is 0 Å². The third kappa shape index (κ3) is 3.56. The molecule has 0 radical (unpaired) electrons. The second-order valence-electron chi connectivity index (χ2n) is 8.88. The lowest BCUT2D eigenvalue weighted by molar-refractivity contribution is -0.136. The maximum absolute atomic E-state index is 15.0.